The van der Waals surface area contributed by atoms with Crippen LogP contribution >= 0.6 is 0 Å². The third kappa shape index (κ3) is 3.59. The van der Waals surface area contributed by atoms with Crippen molar-refractivity contribution < 1.29 is 4.92 Å². The van der Waals surface area contributed by atoms with Crippen molar-refractivity contribution in [3.05, 3.63) is 51.8 Å². The summed E-state index contributed by atoms with van der Waals surface area (Å²) in [5.41, 5.74) is 1.92. The average molecular weight is 261 g/mol. The van der Waals surface area contributed by atoms with E-state index in [-0.39, 0.29) is 5.69 Å². The second-order valence-corrected chi connectivity index (χ2v) is 4.11. The fourth-order valence-electron chi connectivity index (χ4n) is 1.66. The molecule has 19 heavy (non-hydrogen) atoms. The average Bonchev–Trinajstić information content (AvgIpc) is 2.84. The molecule has 0 amide bonds. The Morgan fingerprint density at radius 1 is 1.37 bits per heavy atom. The van der Waals surface area contributed by atoms with E-state index in [1.54, 1.807) is 16.8 Å². The van der Waals surface area contributed by atoms with E-state index in [2.05, 4.69) is 15.6 Å². The molecule has 1 heterocycles. The van der Waals surface area contributed by atoms with Gasteiger partial charge in [-0.05, 0) is 12.1 Å². The van der Waals surface area contributed by atoms with Crippen LogP contribution in [0, 0.1) is 10.1 Å². The van der Waals surface area contributed by atoms with Crippen LogP contribution in [0.4, 0.5) is 5.69 Å². The fraction of sp³-hybridized carbons (Fsp3) is 0.333. The van der Waals surface area contributed by atoms with Crippen LogP contribution in [0.2, 0.25) is 0 Å². The highest BCUT2D eigenvalue weighted by molar-refractivity contribution is 5.32. The number of nitro benzene ring substituents is 1. The van der Waals surface area contributed by atoms with Crippen LogP contribution < -0.4 is 5.32 Å². The Morgan fingerprint density at radius 3 is 2.74 bits per heavy atom. The van der Waals surface area contributed by atoms with Crippen LogP contribution in [0.3, 0.4) is 0 Å². The molecule has 0 bridgehead atoms. The van der Waals surface area contributed by atoms with Gasteiger partial charge in [0.2, 0.25) is 0 Å². The summed E-state index contributed by atoms with van der Waals surface area (Å²) in [7, 11) is 0. The van der Waals surface area contributed by atoms with Gasteiger partial charge in [-0.2, -0.15) is 0 Å². The predicted octanol–water partition coefficient (Wildman–Crippen LogP) is 1.34. The number of nitro groups is 1. The van der Waals surface area contributed by atoms with Gasteiger partial charge < -0.3 is 5.32 Å². The lowest BCUT2D eigenvalue weighted by Gasteiger charge is -2.00. The second-order valence-electron chi connectivity index (χ2n) is 4.11. The minimum atomic E-state index is -0.409. The predicted molar refractivity (Wildman–Crippen MR) is 69.6 cm³/mol. The largest absolute Gasteiger partial charge is 0.311 e. The molecule has 0 fully saturated rings. The first-order chi connectivity index (χ1) is 9.19. The van der Waals surface area contributed by atoms with Crippen molar-refractivity contribution in [2.75, 3.05) is 6.54 Å². The van der Waals surface area contributed by atoms with Crippen molar-refractivity contribution in [1.29, 1.82) is 0 Å². The van der Waals surface area contributed by atoms with E-state index in [1.807, 2.05) is 13.1 Å². The molecule has 0 unspecified atom stereocenters. The summed E-state index contributed by atoms with van der Waals surface area (Å²) in [4.78, 5) is 10.1. The number of nitrogens with zero attached hydrogens (tertiary/aromatic N) is 4. The first-order valence-corrected chi connectivity index (χ1v) is 6.02. The molecule has 0 aliphatic heterocycles. The van der Waals surface area contributed by atoms with Gasteiger partial charge in [0.15, 0.2) is 0 Å². The van der Waals surface area contributed by atoms with E-state index in [0.29, 0.717) is 13.1 Å². The third-order valence-electron chi connectivity index (χ3n) is 2.63. The van der Waals surface area contributed by atoms with Gasteiger partial charge in [0.1, 0.15) is 0 Å². The molecule has 0 saturated heterocycles. The Kier molecular flexibility index (Phi) is 4.19. The maximum atomic E-state index is 10.5. The Bertz CT molecular complexity index is 550. The van der Waals surface area contributed by atoms with Crippen molar-refractivity contribution in [2.45, 2.75) is 20.0 Å². The monoisotopic (exact) mass is 261 g/mol. The van der Waals surface area contributed by atoms with Crippen molar-refractivity contribution in [1.82, 2.24) is 20.3 Å². The number of benzene rings is 1. The lowest BCUT2D eigenvalue weighted by atomic mass is 10.2. The quantitative estimate of drug-likeness (QED) is 0.626. The normalized spacial score (nSPS) is 10.6. The smallest absolute Gasteiger partial charge is 0.269 e. The van der Waals surface area contributed by atoms with E-state index in [0.717, 1.165) is 17.8 Å². The first-order valence-electron chi connectivity index (χ1n) is 6.02. The molecule has 1 aromatic heterocycles. The van der Waals surface area contributed by atoms with Crippen LogP contribution in [0.15, 0.2) is 30.5 Å². The zero-order valence-corrected chi connectivity index (χ0v) is 10.6. The molecule has 0 atom stereocenters. The molecule has 100 valence electrons. The molecule has 0 aliphatic carbocycles. The van der Waals surface area contributed by atoms with Gasteiger partial charge in [0.25, 0.3) is 5.69 Å². The van der Waals surface area contributed by atoms with Crippen LogP contribution in [0.25, 0.3) is 0 Å². The molecule has 1 aromatic carbocycles. The molecule has 0 aliphatic rings. The number of non-ortho nitro benzene ring substituents is 1. The van der Waals surface area contributed by atoms with E-state index in [1.165, 1.54) is 12.1 Å². The maximum absolute atomic E-state index is 10.5. The van der Waals surface area contributed by atoms with Gasteiger partial charge in [0.05, 0.1) is 23.4 Å². The lowest BCUT2D eigenvalue weighted by Crippen LogP contribution is -2.11. The number of hydrogen-bond donors (Lipinski definition) is 1. The Labute approximate surface area is 110 Å². The topological polar surface area (TPSA) is 85.9 Å². The molecular weight excluding hydrogens is 246 g/mol. The van der Waals surface area contributed by atoms with Crippen LogP contribution in [-0.4, -0.2) is 26.5 Å². The molecule has 0 spiro atoms. The summed E-state index contributed by atoms with van der Waals surface area (Å²) in [5, 5.41) is 21.8. The molecule has 7 nitrogen and oxygen atoms in total. The Hall–Kier alpha value is -2.28. The summed E-state index contributed by atoms with van der Waals surface area (Å²) in [6.07, 6.45) is 1.87. The van der Waals surface area contributed by atoms with Gasteiger partial charge in [0, 0.05) is 18.7 Å². The summed E-state index contributed by atoms with van der Waals surface area (Å²) < 4.78 is 1.72. The molecule has 0 radical (unpaired) electrons. The number of nitrogens with one attached hydrogen (secondary N) is 1. The second kappa shape index (κ2) is 6.05. The SMILES string of the molecule is CCNCc1cn(Cc2ccc([N+](=O)[O-])cc2)nn1. The maximum Gasteiger partial charge on any atom is 0.269 e. The van der Waals surface area contributed by atoms with Crippen LogP contribution in [0.1, 0.15) is 18.2 Å². The highest BCUT2D eigenvalue weighted by Crippen LogP contribution is 2.12. The van der Waals surface area contributed by atoms with Gasteiger partial charge >= 0.3 is 0 Å². The summed E-state index contributed by atoms with van der Waals surface area (Å²) in [6, 6.07) is 6.44. The molecule has 1 N–H and O–H groups in total. The minimum absolute atomic E-state index is 0.0928. The van der Waals surface area contributed by atoms with Crippen molar-refractivity contribution in [2.24, 2.45) is 0 Å². The van der Waals surface area contributed by atoms with Gasteiger partial charge in [-0.25, -0.2) is 4.68 Å². The lowest BCUT2D eigenvalue weighted by molar-refractivity contribution is -0.384. The molecule has 2 rings (SSSR count). The zero-order valence-electron chi connectivity index (χ0n) is 10.6. The first kappa shape index (κ1) is 13.2. The third-order valence-corrected chi connectivity index (χ3v) is 2.63. The van der Waals surface area contributed by atoms with Crippen molar-refractivity contribution in [3.8, 4) is 0 Å². The van der Waals surface area contributed by atoms with E-state index >= 15 is 0 Å². The number of rotatable bonds is 6. The van der Waals surface area contributed by atoms with Crippen LogP contribution in [0.5, 0.6) is 0 Å². The summed E-state index contributed by atoms with van der Waals surface area (Å²) in [6.45, 7) is 4.16. The zero-order chi connectivity index (χ0) is 13.7. The van der Waals surface area contributed by atoms with Gasteiger partial charge in [-0.3, -0.25) is 10.1 Å². The molecule has 7 heteroatoms. The van der Waals surface area contributed by atoms with Crippen molar-refractivity contribution in [3.63, 3.8) is 0 Å². The van der Waals surface area contributed by atoms with Crippen molar-refractivity contribution >= 4 is 5.69 Å². The Balaban J connectivity index is 2.00. The highest BCUT2D eigenvalue weighted by Gasteiger charge is 2.05. The molecule has 2 aromatic rings. The fourth-order valence-corrected chi connectivity index (χ4v) is 1.66. The van der Waals surface area contributed by atoms with Crippen LogP contribution in [-0.2, 0) is 13.1 Å². The Morgan fingerprint density at radius 2 is 2.11 bits per heavy atom. The number of aromatic nitrogens is 3. The highest BCUT2D eigenvalue weighted by atomic mass is 16.6. The van der Waals surface area contributed by atoms with E-state index in [9.17, 15) is 10.1 Å². The summed E-state index contributed by atoms with van der Waals surface area (Å²) >= 11 is 0. The summed E-state index contributed by atoms with van der Waals surface area (Å²) in [5.74, 6) is 0. The number of hydrogen-bond acceptors (Lipinski definition) is 5. The van der Waals surface area contributed by atoms with Gasteiger partial charge in [-0.15, -0.1) is 5.10 Å². The molecular formula is C12H15N5O2. The van der Waals surface area contributed by atoms with Gasteiger partial charge in [-0.1, -0.05) is 24.3 Å². The molecule has 0 saturated carbocycles. The van der Waals surface area contributed by atoms with E-state index < -0.39 is 4.92 Å². The standard InChI is InChI=1S/C12H15N5O2/c1-2-13-7-11-9-16(15-14-11)8-10-3-5-12(6-4-10)17(18)19/h3-6,9,13H,2,7-8H2,1H3. The minimum Gasteiger partial charge on any atom is -0.311 e. The van der Waals surface area contributed by atoms with E-state index in [4.69, 9.17) is 0 Å².